The molecule has 1 saturated heterocycles. The summed E-state index contributed by atoms with van der Waals surface area (Å²) in [4.78, 5) is 15.3. The van der Waals surface area contributed by atoms with Crippen molar-refractivity contribution < 1.29 is 4.79 Å². The molecule has 3 heteroatoms. The molecule has 0 saturated carbocycles. The third kappa shape index (κ3) is 3.47. The lowest BCUT2D eigenvalue weighted by atomic mass is 9.99. The summed E-state index contributed by atoms with van der Waals surface area (Å²) in [5, 5.41) is 3.07. The minimum absolute atomic E-state index is 0.0805. The highest BCUT2D eigenvalue weighted by Gasteiger charge is 2.15. The van der Waals surface area contributed by atoms with Gasteiger partial charge in [-0.1, -0.05) is 54.6 Å². The van der Waals surface area contributed by atoms with Gasteiger partial charge in [0.25, 0.3) is 5.91 Å². The molecule has 3 nitrogen and oxygen atoms in total. The lowest BCUT2D eigenvalue weighted by Gasteiger charge is -2.18. The van der Waals surface area contributed by atoms with Gasteiger partial charge < -0.3 is 10.2 Å². The summed E-state index contributed by atoms with van der Waals surface area (Å²) in [6.45, 7) is 2.18. The molecular weight excluding hydrogens is 320 g/mol. The van der Waals surface area contributed by atoms with Crippen LogP contribution in [0, 0.1) is 0 Å². The fraction of sp³-hybridized carbons (Fsp3) is 0.174. The molecule has 3 aromatic carbocycles. The van der Waals surface area contributed by atoms with Crippen LogP contribution in [0.15, 0.2) is 78.9 Å². The largest absolute Gasteiger partial charge is 0.371 e. The molecule has 0 aliphatic carbocycles. The van der Waals surface area contributed by atoms with Gasteiger partial charge >= 0.3 is 0 Å². The molecule has 1 amide bonds. The van der Waals surface area contributed by atoms with Crippen molar-refractivity contribution in [3.8, 4) is 11.1 Å². The van der Waals surface area contributed by atoms with E-state index in [1.165, 1.54) is 18.5 Å². The van der Waals surface area contributed by atoms with Crippen LogP contribution in [0.25, 0.3) is 11.1 Å². The number of hydrogen-bond donors (Lipinski definition) is 1. The molecule has 1 heterocycles. The molecule has 3 aromatic rings. The second kappa shape index (κ2) is 7.44. The number of carbonyl (C=O) groups is 1. The first-order valence-electron chi connectivity index (χ1n) is 9.12. The molecule has 1 aliphatic rings. The van der Waals surface area contributed by atoms with Crippen molar-refractivity contribution in [2.24, 2.45) is 0 Å². The average molecular weight is 342 g/mol. The summed E-state index contributed by atoms with van der Waals surface area (Å²) in [5.41, 5.74) is 4.69. The number of nitrogens with one attached hydrogen (secondary N) is 1. The zero-order valence-electron chi connectivity index (χ0n) is 14.7. The highest BCUT2D eigenvalue weighted by Crippen LogP contribution is 2.26. The average Bonchev–Trinajstić information content (AvgIpc) is 3.24. The number of nitrogens with zero attached hydrogens (tertiary/aromatic N) is 1. The molecule has 130 valence electrons. The van der Waals surface area contributed by atoms with Gasteiger partial charge in [0.2, 0.25) is 0 Å². The molecule has 0 radical (unpaired) electrons. The van der Waals surface area contributed by atoms with E-state index in [1.54, 1.807) is 0 Å². The Bertz CT molecular complexity index is 899. The zero-order valence-corrected chi connectivity index (χ0v) is 14.7. The van der Waals surface area contributed by atoms with E-state index in [0.29, 0.717) is 5.56 Å². The SMILES string of the molecule is O=C(Nc1cccc(N2CCCC2)c1)c1ccccc1-c1ccccc1. The summed E-state index contributed by atoms with van der Waals surface area (Å²) < 4.78 is 0. The van der Waals surface area contributed by atoms with Crippen LogP contribution < -0.4 is 10.2 Å². The maximum atomic E-state index is 12.9. The molecule has 0 aromatic heterocycles. The molecule has 1 N–H and O–H groups in total. The number of rotatable bonds is 4. The summed E-state index contributed by atoms with van der Waals surface area (Å²) in [7, 11) is 0. The minimum Gasteiger partial charge on any atom is -0.371 e. The Hall–Kier alpha value is -3.07. The van der Waals surface area contributed by atoms with E-state index >= 15 is 0 Å². The van der Waals surface area contributed by atoms with Crippen molar-refractivity contribution in [3.05, 3.63) is 84.4 Å². The van der Waals surface area contributed by atoms with Gasteiger partial charge in [-0.05, 0) is 48.2 Å². The van der Waals surface area contributed by atoms with E-state index in [2.05, 4.69) is 22.3 Å². The number of hydrogen-bond acceptors (Lipinski definition) is 2. The van der Waals surface area contributed by atoms with Crippen LogP contribution in [0.4, 0.5) is 11.4 Å². The Morgan fingerprint density at radius 1 is 0.808 bits per heavy atom. The maximum absolute atomic E-state index is 12.9. The van der Waals surface area contributed by atoms with Crippen LogP contribution in [0.2, 0.25) is 0 Å². The number of benzene rings is 3. The molecule has 0 spiro atoms. The lowest BCUT2D eigenvalue weighted by Crippen LogP contribution is -2.18. The molecule has 0 unspecified atom stereocenters. The van der Waals surface area contributed by atoms with Crippen LogP contribution in [-0.4, -0.2) is 19.0 Å². The lowest BCUT2D eigenvalue weighted by molar-refractivity contribution is 0.102. The fourth-order valence-corrected chi connectivity index (χ4v) is 3.50. The molecule has 1 aliphatic heterocycles. The van der Waals surface area contributed by atoms with Crippen LogP contribution in [0.5, 0.6) is 0 Å². The van der Waals surface area contributed by atoms with E-state index in [0.717, 1.165) is 29.9 Å². The summed E-state index contributed by atoms with van der Waals surface area (Å²) in [5.74, 6) is -0.0805. The summed E-state index contributed by atoms with van der Waals surface area (Å²) >= 11 is 0. The van der Waals surface area contributed by atoms with Crippen LogP contribution in [0.3, 0.4) is 0 Å². The third-order valence-electron chi connectivity index (χ3n) is 4.83. The topological polar surface area (TPSA) is 32.3 Å². The first-order valence-corrected chi connectivity index (χ1v) is 9.12. The Morgan fingerprint density at radius 2 is 1.54 bits per heavy atom. The van der Waals surface area contributed by atoms with E-state index in [4.69, 9.17) is 0 Å². The van der Waals surface area contributed by atoms with E-state index in [-0.39, 0.29) is 5.91 Å². The Kier molecular flexibility index (Phi) is 4.69. The molecule has 26 heavy (non-hydrogen) atoms. The van der Waals surface area contributed by atoms with Gasteiger partial charge in [0.05, 0.1) is 0 Å². The molecule has 0 bridgehead atoms. The predicted octanol–water partition coefficient (Wildman–Crippen LogP) is 5.21. The summed E-state index contributed by atoms with van der Waals surface area (Å²) in [6, 6.07) is 25.9. The van der Waals surface area contributed by atoms with Gasteiger partial charge in [-0.3, -0.25) is 4.79 Å². The standard InChI is InChI=1S/C23H22N2O/c26-23(22-14-5-4-13-21(22)18-9-2-1-3-10-18)24-19-11-8-12-20(17-19)25-15-6-7-16-25/h1-5,8-14,17H,6-7,15-16H2,(H,24,26). The van der Waals surface area contributed by atoms with Crippen molar-refractivity contribution >= 4 is 17.3 Å². The van der Waals surface area contributed by atoms with E-state index in [9.17, 15) is 4.79 Å². The van der Waals surface area contributed by atoms with Crippen molar-refractivity contribution in [1.29, 1.82) is 0 Å². The van der Waals surface area contributed by atoms with Gasteiger partial charge in [-0.15, -0.1) is 0 Å². The van der Waals surface area contributed by atoms with Gasteiger partial charge in [0.1, 0.15) is 0 Å². The molecular formula is C23H22N2O. The normalized spacial score (nSPS) is 13.6. The molecule has 0 atom stereocenters. The third-order valence-corrected chi connectivity index (χ3v) is 4.83. The van der Waals surface area contributed by atoms with Crippen LogP contribution in [-0.2, 0) is 0 Å². The Balaban J connectivity index is 1.59. The monoisotopic (exact) mass is 342 g/mol. The van der Waals surface area contributed by atoms with Crippen molar-refractivity contribution in [2.45, 2.75) is 12.8 Å². The fourth-order valence-electron chi connectivity index (χ4n) is 3.50. The van der Waals surface area contributed by atoms with Gasteiger partial charge in [-0.25, -0.2) is 0 Å². The van der Waals surface area contributed by atoms with Crippen molar-refractivity contribution in [1.82, 2.24) is 0 Å². The number of carbonyl (C=O) groups excluding carboxylic acids is 1. The van der Waals surface area contributed by atoms with Crippen LogP contribution >= 0.6 is 0 Å². The van der Waals surface area contributed by atoms with Gasteiger partial charge in [-0.2, -0.15) is 0 Å². The van der Waals surface area contributed by atoms with E-state index in [1.807, 2.05) is 66.7 Å². The first kappa shape index (κ1) is 16.4. The molecule has 1 fully saturated rings. The van der Waals surface area contributed by atoms with E-state index < -0.39 is 0 Å². The van der Waals surface area contributed by atoms with Gasteiger partial charge in [0, 0.05) is 30.0 Å². The minimum atomic E-state index is -0.0805. The zero-order chi connectivity index (χ0) is 17.8. The van der Waals surface area contributed by atoms with Crippen LogP contribution in [0.1, 0.15) is 23.2 Å². The second-order valence-corrected chi connectivity index (χ2v) is 6.61. The van der Waals surface area contributed by atoms with Gasteiger partial charge in [0.15, 0.2) is 0 Å². The second-order valence-electron chi connectivity index (χ2n) is 6.61. The van der Waals surface area contributed by atoms with Crippen molar-refractivity contribution in [3.63, 3.8) is 0 Å². The quantitative estimate of drug-likeness (QED) is 0.706. The maximum Gasteiger partial charge on any atom is 0.256 e. The highest BCUT2D eigenvalue weighted by atomic mass is 16.1. The Morgan fingerprint density at radius 3 is 2.35 bits per heavy atom. The number of anilines is 2. The number of amides is 1. The summed E-state index contributed by atoms with van der Waals surface area (Å²) in [6.07, 6.45) is 2.47. The predicted molar refractivity (Wildman–Crippen MR) is 108 cm³/mol. The van der Waals surface area contributed by atoms with Crippen molar-refractivity contribution in [2.75, 3.05) is 23.3 Å². The molecule has 4 rings (SSSR count). The smallest absolute Gasteiger partial charge is 0.256 e. The highest BCUT2D eigenvalue weighted by molar-refractivity contribution is 6.08. The Labute approximate surface area is 154 Å². The first-order chi connectivity index (χ1) is 12.8.